The van der Waals surface area contributed by atoms with Gasteiger partial charge in [-0.1, -0.05) is 32.6 Å². The van der Waals surface area contributed by atoms with E-state index in [9.17, 15) is 0 Å². The van der Waals surface area contributed by atoms with Crippen LogP contribution >= 0.6 is 0 Å². The van der Waals surface area contributed by atoms with Crippen molar-refractivity contribution in [2.45, 2.75) is 70.8 Å². The second-order valence-electron chi connectivity index (χ2n) is 6.80. The maximum absolute atomic E-state index is 3.81. The van der Waals surface area contributed by atoms with Gasteiger partial charge in [-0.15, -0.1) is 0 Å². The highest BCUT2D eigenvalue weighted by Crippen LogP contribution is 2.47. The molecule has 0 spiro atoms. The van der Waals surface area contributed by atoms with Gasteiger partial charge in [0.05, 0.1) is 0 Å². The van der Waals surface area contributed by atoms with Crippen molar-refractivity contribution in [2.75, 3.05) is 6.54 Å². The van der Waals surface area contributed by atoms with E-state index in [0.717, 1.165) is 29.7 Å². The van der Waals surface area contributed by atoms with Gasteiger partial charge >= 0.3 is 0 Å². The third-order valence-corrected chi connectivity index (χ3v) is 5.66. The molecule has 0 aromatic rings. The summed E-state index contributed by atoms with van der Waals surface area (Å²) >= 11 is 0. The number of fused-ring (bicyclic) bond motifs is 1. The lowest BCUT2D eigenvalue weighted by Crippen LogP contribution is -2.42. The van der Waals surface area contributed by atoms with E-state index >= 15 is 0 Å². The Hall–Kier alpha value is -0.0400. The molecule has 0 heterocycles. The van der Waals surface area contributed by atoms with E-state index in [4.69, 9.17) is 0 Å². The molecule has 1 nitrogen and oxygen atoms in total. The monoisotopic (exact) mass is 235 g/mol. The molecule has 0 bridgehead atoms. The van der Waals surface area contributed by atoms with Crippen molar-refractivity contribution in [3.05, 3.63) is 0 Å². The van der Waals surface area contributed by atoms with E-state index in [1.165, 1.54) is 38.6 Å². The minimum Gasteiger partial charge on any atom is -0.314 e. The van der Waals surface area contributed by atoms with Gasteiger partial charge in [-0.05, 0) is 62.3 Å². The summed E-state index contributed by atoms with van der Waals surface area (Å²) in [5.41, 5.74) is 0. The fourth-order valence-corrected chi connectivity index (χ4v) is 4.65. The Morgan fingerprint density at radius 2 is 1.59 bits per heavy atom. The minimum absolute atomic E-state index is 0.878. The molecule has 0 amide bonds. The molecule has 3 fully saturated rings. The lowest BCUT2D eigenvalue weighted by atomic mass is 9.65. The molecule has 3 aliphatic rings. The largest absolute Gasteiger partial charge is 0.314 e. The smallest absolute Gasteiger partial charge is 0.0124 e. The van der Waals surface area contributed by atoms with Crippen LogP contribution in [0.5, 0.6) is 0 Å². The Bertz CT molecular complexity index is 246. The number of hydrogen-bond donors (Lipinski definition) is 1. The zero-order valence-corrected chi connectivity index (χ0v) is 11.5. The van der Waals surface area contributed by atoms with Gasteiger partial charge < -0.3 is 5.32 Å². The fourth-order valence-electron chi connectivity index (χ4n) is 4.65. The van der Waals surface area contributed by atoms with Crippen LogP contribution in [-0.4, -0.2) is 12.6 Å². The number of rotatable bonds is 4. The first-order valence-electron chi connectivity index (χ1n) is 8.12. The highest BCUT2D eigenvalue weighted by atomic mass is 14.9. The molecule has 1 heteroatoms. The van der Waals surface area contributed by atoms with Crippen molar-refractivity contribution in [1.82, 2.24) is 5.32 Å². The SMILES string of the molecule is CCNC(C1CC1)C1CCC2CCCCC2C1. The predicted octanol–water partition coefficient (Wildman–Crippen LogP) is 3.98. The predicted molar refractivity (Wildman–Crippen MR) is 73.0 cm³/mol. The van der Waals surface area contributed by atoms with Crippen molar-refractivity contribution >= 4 is 0 Å². The molecule has 4 unspecified atom stereocenters. The summed E-state index contributed by atoms with van der Waals surface area (Å²) in [5, 5.41) is 3.81. The second kappa shape index (κ2) is 5.30. The zero-order chi connectivity index (χ0) is 11.7. The van der Waals surface area contributed by atoms with Gasteiger partial charge in [0.25, 0.3) is 0 Å². The van der Waals surface area contributed by atoms with E-state index in [2.05, 4.69) is 12.2 Å². The third kappa shape index (κ3) is 2.70. The zero-order valence-electron chi connectivity index (χ0n) is 11.5. The van der Waals surface area contributed by atoms with Crippen LogP contribution in [0.3, 0.4) is 0 Å². The van der Waals surface area contributed by atoms with Crippen LogP contribution in [0.15, 0.2) is 0 Å². The first kappa shape index (κ1) is 12.0. The molecule has 0 aromatic heterocycles. The summed E-state index contributed by atoms with van der Waals surface area (Å²) in [6.07, 6.45) is 13.8. The Morgan fingerprint density at radius 3 is 2.29 bits per heavy atom. The number of nitrogens with one attached hydrogen (secondary N) is 1. The molecular weight excluding hydrogens is 206 g/mol. The molecule has 0 saturated heterocycles. The minimum atomic E-state index is 0.878. The van der Waals surface area contributed by atoms with Gasteiger partial charge in [0.1, 0.15) is 0 Å². The van der Waals surface area contributed by atoms with Gasteiger partial charge in [0.2, 0.25) is 0 Å². The molecule has 3 aliphatic carbocycles. The van der Waals surface area contributed by atoms with Gasteiger partial charge in [-0.2, -0.15) is 0 Å². The molecule has 0 aromatic carbocycles. The van der Waals surface area contributed by atoms with Gasteiger partial charge in [0, 0.05) is 6.04 Å². The summed E-state index contributed by atoms with van der Waals surface area (Å²) in [5.74, 6) is 4.27. The quantitative estimate of drug-likeness (QED) is 0.777. The van der Waals surface area contributed by atoms with Crippen molar-refractivity contribution in [1.29, 1.82) is 0 Å². The normalized spacial score (nSPS) is 39.7. The average molecular weight is 235 g/mol. The molecule has 0 aliphatic heterocycles. The van der Waals surface area contributed by atoms with Crippen LogP contribution in [-0.2, 0) is 0 Å². The van der Waals surface area contributed by atoms with Crippen LogP contribution in [0.4, 0.5) is 0 Å². The lowest BCUT2D eigenvalue weighted by Gasteiger charge is -2.42. The molecule has 3 saturated carbocycles. The van der Waals surface area contributed by atoms with Crippen LogP contribution in [0, 0.1) is 23.7 Å². The molecule has 1 N–H and O–H groups in total. The van der Waals surface area contributed by atoms with E-state index in [1.807, 2.05) is 0 Å². The summed E-state index contributed by atoms with van der Waals surface area (Å²) in [4.78, 5) is 0. The van der Waals surface area contributed by atoms with Crippen molar-refractivity contribution < 1.29 is 0 Å². The van der Waals surface area contributed by atoms with Gasteiger partial charge in [0.15, 0.2) is 0 Å². The maximum atomic E-state index is 3.81. The maximum Gasteiger partial charge on any atom is 0.0124 e. The highest BCUT2D eigenvalue weighted by molar-refractivity contribution is 4.94. The molecular formula is C16H29N. The Morgan fingerprint density at radius 1 is 0.882 bits per heavy atom. The highest BCUT2D eigenvalue weighted by Gasteiger charge is 2.40. The van der Waals surface area contributed by atoms with Crippen molar-refractivity contribution in [2.24, 2.45) is 23.7 Å². The summed E-state index contributed by atoms with van der Waals surface area (Å²) in [6.45, 7) is 3.45. The third-order valence-electron chi connectivity index (χ3n) is 5.66. The van der Waals surface area contributed by atoms with Crippen molar-refractivity contribution in [3.63, 3.8) is 0 Å². The summed E-state index contributed by atoms with van der Waals surface area (Å²) in [7, 11) is 0. The van der Waals surface area contributed by atoms with E-state index < -0.39 is 0 Å². The topological polar surface area (TPSA) is 12.0 Å². The lowest BCUT2D eigenvalue weighted by molar-refractivity contribution is 0.104. The molecule has 17 heavy (non-hydrogen) atoms. The van der Waals surface area contributed by atoms with Crippen LogP contribution in [0.2, 0.25) is 0 Å². The average Bonchev–Trinajstić information content (AvgIpc) is 3.20. The molecule has 0 radical (unpaired) electrons. The molecule has 4 atom stereocenters. The van der Waals surface area contributed by atoms with Crippen LogP contribution in [0.25, 0.3) is 0 Å². The van der Waals surface area contributed by atoms with Crippen molar-refractivity contribution in [3.8, 4) is 0 Å². The fraction of sp³-hybridized carbons (Fsp3) is 1.00. The summed E-state index contributed by atoms with van der Waals surface area (Å²) in [6, 6.07) is 0.878. The standard InChI is InChI=1S/C16H29N/c1-2-17-16(13-8-9-13)15-10-7-12-5-3-4-6-14(12)11-15/h12-17H,2-11H2,1H3. The van der Waals surface area contributed by atoms with Gasteiger partial charge in [-0.3, -0.25) is 0 Å². The van der Waals surface area contributed by atoms with E-state index in [1.54, 1.807) is 25.7 Å². The first-order valence-corrected chi connectivity index (χ1v) is 8.12. The van der Waals surface area contributed by atoms with Gasteiger partial charge in [-0.25, -0.2) is 0 Å². The summed E-state index contributed by atoms with van der Waals surface area (Å²) < 4.78 is 0. The van der Waals surface area contributed by atoms with Crippen LogP contribution in [0.1, 0.15) is 64.7 Å². The van der Waals surface area contributed by atoms with Crippen LogP contribution < -0.4 is 5.32 Å². The van der Waals surface area contributed by atoms with E-state index in [0.29, 0.717) is 0 Å². The number of hydrogen-bond acceptors (Lipinski definition) is 1. The first-order chi connectivity index (χ1) is 8.38. The Balaban J connectivity index is 1.59. The second-order valence-corrected chi connectivity index (χ2v) is 6.80. The molecule has 98 valence electrons. The van der Waals surface area contributed by atoms with E-state index in [-0.39, 0.29) is 0 Å². The Kier molecular flexibility index (Phi) is 3.75. The molecule has 3 rings (SSSR count). The Labute approximate surface area is 107 Å².